The van der Waals surface area contributed by atoms with Crippen LogP contribution in [0, 0.1) is 22.7 Å². The minimum atomic E-state index is -1.54. The quantitative estimate of drug-likeness (QED) is 0.476. The second-order valence-corrected chi connectivity index (χ2v) is 11.6. The molecule has 1 aromatic carbocycles. The zero-order valence-electron chi connectivity index (χ0n) is 21.4. The van der Waals surface area contributed by atoms with Gasteiger partial charge >= 0.3 is 11.9 Å². The number of carbonyl (C=O) groups is 3. The Labute approximate surface area is 216 Å². The maximum absolute atomic E-state index is 13.1. The molecule has 7 nitrogen and oxygen atoms in total. The molecule has 194 valence electrons. The van der Waals surface area contributed by atoms with Crippen molar-refractivity contribution in [2.75, 3.05) is 6.61 Å². The molecule has 2 unspecified atom stereocenters. The second kappa shape index (κ2) is 7.98. The molecule has 1 spiro atoms. The van der Waals surface area contributed by atoms with Crippen LogP contribution in [0.4, 0.5) is 0 Å². The van der Waals surface area contributed by atoms with Gasteiger partial charge in [-0.2, -0.15) is 0 Å². The summed E-state index contributed by atoms with van der Waals surface area (Å²) in [5.41, 5.74) is -1.48. The molecule has 1 aromatic rings. The van der Waals surface area contributed by atoms with Crippen LogP contribution in [0.25, 0.3) is 0 Å². The number of ether oxygens (including phenoxy) is 3. The van der Waals surface area contributed by atoms with Crippen LogP contribution in [0.3, 0.4) is 0 Å². The van der Waals surface area contributed by atoms with Gasteiger partial charge in [0.15, 0.2) is 6.61 Å². The standard InChI is InChI=1S/C30H32O7/c1-18(31)35-17-24(32)29(34)14-12-22-23-10-9-20-15-21(36-26(33)19-7-5-4-6-8-19)11-13-27(20,2)30(23)25(37-30)16-28(22,29)3/h4-9,11,13,15,22-23,25,34H,10,12,14,16-17H2,1-3H3/t22?,23?,25-,27-,28-,29-,30+/m0/s1. The largest absolute Gasteiger partial charge is 0.458 e. The predicted molar refractivity (Wildman–Crippen MR) is 133 cm³/mol. The van der Waals surface area contributed by atoms with Gasteiger partial charge in [-0.3, -0.25) is 9.59 Å². The van der Waals surface area contributed by atoms with E-state index >= 15 is 0 Å². The van der Waals surface area contributed by atoms with Crippen LogP contribution in [-0.4, -0.2) is 46.7 Å². The van der Waals surface area contributed by atoms with Crippen LogP contribution >= 0.6 is 0 Å². The summed E-state index contributed by atoms with van der Waals surface area (Å²) in [6, 6.07) is 8.91. The second-order valence-electron chi connectivity index (χ2n) is 11.6. The van der Waals surface area contributed by atoms with E-state index in [1.54, 1.807) is 24.3 Å². The van der Waals surface area contributed by atoms with Crippen molar-refractivity contribution in [2.45, 2.75) is 63.8 Å². The molecule has 7 heteroatoms. The molecule has 0 bridgehead atoms. The summed E-state index contributed by atoms with van der Waals surface area (Å²) in [6.45, 7) is 5.02. The van der Waals surface area contributed by atoms with Gasteiger partial charge in [0, 0.05) is 17.8 Å². The highest BCUT2D eigenvalue weighted by molar-refractivity contribution is 5.91. The molecule has 6 rings (SSSR count). The zero-order valence-corrected chi connectivity index (χ0v) is 21.4. The van der Waals surface area contributed by atoms with Gasteiger partial charge in [0.2, 0.25) is 5.78 Å². The van der Waals surface area contributed by atoms with Gasteiger partial charge < -0.3 is 19.3 Å². The molecule has 1 aliphatic heterocycles. The first-order valence-corrected chi connectivity index (χ1v) is 13.0. The van der Waals surface area contributed by atoms with E-state index in [1.165, 1.54) is 6.92 Å². The summed E-state index contributed by atoms with van der Waals surface area (Å²) in [6.07, 6.45) is 10.3. The van der Waals surface area contributed by atoms with Gasteiger partial charge in [0.05, 0.1) is 11.7 Å². The van der Waals surface area contributed by atoms with Crippen LogP contribution in [0.1, 0.15) is 56.8 Å². The predicted octanol–water partition coefficient (Wildman–Crippen LogP) is 4.07. The van der Waals surface area contributed by atoms with E-state index in [2.05, 4.69) is 19.1 Å². The van der Waals surface area contributed by atoms with E-state index in [0.717, 1.165) is 12.0 Å². The molecule has 0 aromatic heterocycles. The van der Waals surface area contributed by atoms with E-state index in [4.69, 9.17) is 14.2 Å². The van der Waals surface area contributed by atoms with Crippen molar-refractivity contribution in [1.82, 2.24) is 0 Å². The highest BCUT2D eigenvalue weighted by atomic mass is 16.6. The Hall–Kier alpha value is -3.03. The lowest BCUT2D eigenvalue weighted by molar-refractivity contribution is -0.165. The van der Waals surface area contributed by atoms with Gasteiger partial charge in [-0.15, -0.1) is 0 Å². The monoisotopic (exact) mass is 504 g/mol. The van der Waals surface area contributed by atoms with Crippen molar-refractivity contribution < 1.29 is 33.7 Å². The summed E-state index contributed by atoms with van der Waals surface area (Å²) in [7, 11) is 0. The summed E-state index contributed by atoms with van der Waals surface area (Å²) in [4.78, 5) is 37.0. The number of aliphatic hydroxyl groups is 1. The molecule has 4 aliphatic carbocycles. The normalized spacial score (nSPS) is 40.7. The number of allylic oxidation sites excluding steroid dienone is 3. The average molecular weight is 505 g/mol. The van der Waals surface area contributed by atoms with Crippen LogP contribution in [-0.2, 0) is 23.8 Å². The van der Waals surface area contributed by atoms with Crippen molar-refractivity contribution in [3.8, 4) is 0 Å². The fourth-order valence-corrected chi connectivity index (χ4v) is 7.95. The number of carbonyl (C=O) groups excluding carboxylic acids is 3. The molecule has 1 heterocycles. The summed E-state index contributed by atoms with van der Waals surface area (Å²) in [5.74, 6) is -0.645. The number of rotatable bonds is 5. The summed E-state index contributed by atoms with van der Waals surface area (Å²) >= 11 is 0. The number of ketones is 1. The average Bonchev–Trinajstić information content (AvgIpc) is 3.53. The maximum Gasteiger partial charge on any atom is 0.343 e. The minimum Gasteiger partial charge on any atom is -0.458 e. The number of benzene rings is 1. The Balaban J connectivity index is 1.27. The Kier molecular flexibility index (Phi) is 5.25. The Morgan fingerprint density at radius 3 is 2.62 bits per heavy atom. The van der Waals surface area contributed by atoms with Gasteiger partial charge in [-0.1, -0.05) is 37.3 Å². The molecule has 37 heavy (non-hydrogen) atoms. The summed E-state index contributed by atoms with van der Waals surface area (Å²) in [5, 5.41) is 11.7. The van der Waals surface area contributed by atoms with Crippen molar-refractivity contribution in [2.24, 2.45) is 22.7 Å². The molecule has 0 amide bonds. The van der Waals surface area contributed by atoms with E-state index in [9.17, 15) is 19.5 Å². The number of hydrogen-bond donors (Lipinski definition) is 1. The summed E-state index contributed by atoms with van der Waals surface area (Å²) < 4.78 is 17.2. The molecule has 7 atom stereocenters. The maximum atomic E-state index is 13.1. The van der Waals surface area contributed by atoms with Crippen LogP contribution in [0.2, 0.25) is 0 Å². The van der Waals surface area contributed by atoms with Gasteiger partial charge in [0.1, 0.15) is 17.0 Å². The first-order valence-electron chi connectivity index (χ1n) is 13.0. The van der Waals surface area contributed by atoms with Gasteiger partial charge in [-0.05, 0) is 74.3 Å². The lowest BCUT2D eigenvalue weighted by atomic mass is 9.48. The Bertz CT molecular complexity index is 1280. The van der Waals surface area contributed by atoms with E-state index in [1.807, 2.05) is 25.1 Å². The number of esters is 2. The number of Topliss-reactive ketones (excluding diaryl/α,β-unsaturated/α-hetero) is 1. The number of epoxide rings is 1. The fraction of sp³-hybridized carbons (Fsp3) is 0.500. The van der Waals surface area contributed by atoms with Crippen molar-refractivity contribution >= 4 is 17.7 Å². The molecule has 1 saturated heterocycles. The van der Waals surface area contributed by atoms with Crippen LogP contribution in [0.15, 0.2) is 66.0 Å². The lowest BCUT2D eigenvalue weighted by Crippen LogP contribution is -2.61. The van der Waals surface area contributed by atoms with E-state index in [-0.39, 0.29) is 17.9 Å². The van der Waals surface area contributed by atoms with Crippen molar-refractivity contribution in [1.29, 1.82) is 0 Å². The topological polar surface area (TPSA) is 102 Å². The molecule has 2 saturated carbocycles. The van der Waals surface area contributed by atoms with E-state index < -0.39 is 46.4 Å². The molecule has 3 fully saturated rings. The molecule has 5 aliphatic rings. The van der Waals surface area contributed by atoms with Crippen LogP contribution < -0.4 is 0 Å². The third-order valence-electron chi connectivity index (χ3n) is 9.95. The molecule has 0 radical (unpaired) electrons. The first-order chi connectivity index (χ1) is 17.5. The highest BCUT2D eigenvalue weighted by Gasteiger charge is 2.80. The third kappa shape index (κ3) is 3.23. The lowest BCUT2D eigenvalue weighted by Gasteiger charge is -2.54. The van der Waals surface area contributed by atoms with E-state index in [0.29, 0.717) is 30.6 Å². The van der Waals surface area contributed by atoms with Crippen LogP contribution in [0.5, 0.6) is 0 Å². The molecule has 1 N–H and O–H groups in total. The molecular weight excluding hydrogens is 472 g/mol. The third-order valence-corrected chi connectivity index (χ3v) is 9.95. The minimum absolute atomic E-state index is 0.0850. The smallest absolute Gasteiger partial charge is 0.343 e. The zero-order chi connectivity index (χ0) is 26.2. The van der Waals surface area contributed by atoms with Gasteiger partial charge in [0.25, 0.3) is 0 Å². The SMILES string of the molecule is CC(=O)OCC(=O)[C@@]1(O)CCC2C3CC=C4C=C(OC(=O)c5ccccc5)C=C[C@]4(C)[C@@]34O[C@H]4C[C@@]21C. The van der Waals surface area contributed by atoms with Crippen molar-refractivity contribution in [3.05, 3.63) is 71.5 Å². The van der Waals surface area contributed by atoms with Crippen molar-refractivity contribution in [3.63, 3.8) is 0 Å². The Morgan fingerprint density at radius 2 is 1.89 bits per heavy atom. The highest BCUT2D eigenvalue weighted by Crippen LogP contribution is 2.75. The molecular formula is C30H32O7. The first kappa shape index (κ1) is 24.3. The fourth-order valence-electron chi connectivity index (χ4n) is 7.95. The number of fused-ring (bicyclic) bond motifs is 3. The van der Waals surface area contributed by atoms with Gasteiger partial charge in [-0.25, -0.2) is 4.79 Å². The Morgan fingerprint density at radius 1 is 1.14 bits per heavy atom. The number of hydrogen-bond acceptors (Lipinski definition) is 7.